The first-order chi connectivity index (χ1) is 9.19. The fourth-order valence-corrected chi connectivity index (χ4v) is 3.69. The van der Waals surface area contributed by atoms with Crippen LogP contribution in [0, 0.1) is 5.92 Å². The van der Waals surface area contributed by atoms with Gasteiger partial charge in [-0.3, -0.25) is 4.79 Å². The van der Waals surface area contributed by atoms with Gasteiger partial charge in [0.25, 0.3) is 0 Å². The molecular formula is C14H18BrNO2S. The van der Waals surface area contributed by atoms with Gasteiger partial charge in [0.05, 0.1) is 3.79 Å². The highest BCUT2D eigenvalue weighted by Crippen LogP contribution is 2.23. The van der Waals surface area contributed by atoms with Gasteiger partial charge < -0.3 is 10.0 Å². The van der Waals surface area contributed by atoms with Gasteiger partial charge >= 0.3 is 0 Å². The Bertz CT molecular complexity index is 456. The Balaban J connectivity index is 1.90. The maximum absolute atomic E-state index is 12.1. The number of piperidine rings is 1. The average Bonchev–Trinajstić information content (AvgIpc) is 2.82. The molecule has 0 spiro atoms. The van der Waals surface area contributed by atoms with E-state index >= 15 is 0 Å². The first-order valence-corrected chi connectivity index (χ1v) is 8.13. The zero-order valence-electron chi connectivity index (χ0n) is 10.7. The summed E-state index contributed by atoms with van der Waals surface area (Å²) in [5, 5.41) is 8.98. The topological polar surface area (TPSA) is 40.5 Å². The van der Waals surface area contributed by atoms with Gasteiger partial charge in [0.15, 0.2) is 0 Å². The lowest BCUT2D eigenvalue weighted by Gasteiger charge is -2.31. The Morgan fingerprint density at radius 2 is 2.42 bits per heavy atom. The molecule has 1 aromatic rings. The third-order valence-electron chi connectivity index (χ3n) is 3.35. The minimum absolute atomic E-state index is 0.0761. The molecule has 19 heavy (non-hydrogen) atoms. The number of halogens is 1. The first kappa shape index (κ1) is 14.8. The molecule has 0 saturated carbocycles. The highest BCUT2D eigenvalue weighted by atomic mass is 79.9. The fourth-order valence-electron chi connectivity index (χ4n) is 2.36. The van der Waals surface area contributed by atoms with Gasteiger partial charge in [-0.1, -0.05) is 0 Å². The summed E-state index contributed by atoms with van der Waals surface area (Å²) in [6, 6.07) is 3.97. The zero-order chi connectivity index (χ0) is 13.7. The Labute approximate surface area is 126 Å². The summed E-state index contributed by atoms with van der Waals surface area (Å²) in [5.74, 6) is 0.527. The summed E-state index contributed by atoms with van der Waals surface area (Å²) < 4.78 is 1.07. The lowest BCUT2D eigenvalue weighted by molar-refractivity contribution is -0.127. The van der Waals surface area contributed by atoms with E-state index in [0.717, 1.165) is 41.0 Å². The summed E-state index contributed by atoms with van der Waals surface area (Å²) in [5.41, 5.74) is 0. The first-order valence-electron chi connectivity index (χ1n) is 6.52. The number of amides is 1. The van der Waals surface area contributed by atoms with Gasteiger partial charge in [0.1, 0.15) is 0 Å². The Morgan fingerprint density at radius 3 is 3.11 bits per heavy atom. The number of nitrogens with zero attached hydrogens (tertiary/aromatic N) is 1. The van der Waals surface area contributed by atoms with Gasteiger partial charge in [-0.05, 0) is 59.3 Å². The van der Waals surface area contributed by atoms with Crippen molar-refractivity contribution in [3.05, 3.63) is 26.9 Å². The van der Waals surface area contributed by atoms with Crippen molar-refractivity contribution in [2.24, 2.45) is 5.92 Å². The molecule has 1 fully saturated rings. The van der Waals surface area contributed by atoms with Crippen molar-refractivity contribution in [2.45, 2.75) is 19.3 Å². The van der Waals surface area contributed by atoms with Crippen molar-refractivity contribution in [1.82, 2.24) is 4.90 Å². The molecule has 1 aliphatic heterocycles. The smallest absolute Gasteiger partial charge is 0.246 e. The van der Waals surface area contributed by atoms with E-state index in [9.17, 15) is 4.79 Å². The fraction of sp³-hybridized carbons (Fsp3) is 0.500. The van der Waals surface area contributed by atoms with E-state index in [1.807, 2.05) is 23.1 Å². The van der Waals surface area contributed by atoms with Crippen LogP contribution in [-0.2, 0) is 4.79 Å². The van der Waals surface area contributed by atoms with Crippen LogP contribution in [-0.4, -0.2) is 35.6 Å². The number of carbonyl (C=O) groups is 1. The maximum Gasteiger partial charge on any atom is 0.246 e. The predicted molar refractivity (Wildman–Crippen MR) is 82.1 cm³/mol. The summed E-state index contributed by atoms with van der Waals surface area (Å²) >= 11 is 5.02. The van der Waals surface area contributed by atoms with Crippen LogP contribution in [0.5, 0.6) is 0 Å². The predicted octanol–water partition coefficient (Wildman–Crippen LogP) is 3.14. The van der Waals surface area contributed by atoms with E-state index < -0.39 is 0 Å². The van der Waals surface area contributed by atoms with Gasteiger partial charge in [-0.15, -0.1) is 11.3 Å². The Morgan fingerprint density at radius 1 is 1.58 bits per heavy atom. The molecule has 0 aromatic carbocycles. The Hall–Kier alpha value is -0.650. The van der Waals surface area contributed by atoms with Gasteiger partial charge in [0.2, 0.25) is 5.91 Å². The summed E-state index contributed by atoms with van der Waals surface area (Å²) in [6.45, 7) is 1.82. The molecule has 1 aliphatic rings. The molecule has 3 nitrogen and oxygen atoms in total. The third kappa shape index (κ3) is 4.44. The van der Waals surface area contributed by atoms with Gasteiger partial charge in [-0.2, -0.15) is 0 Å². The molecule has 1 N–H and O–H groups in total. The second-order valence-corrected chi connectivity index (χ2v) is 7.27. The molecule has 1 atom stereocenters. The van der Waals surface area contributed by atoms with Crippen LogP contribution in [0.4, 0.5) is 0 Å². The lowest BCUT2D eigenvalue weighted by atomic mass is 9.95. The SMILES string of the molecule is O=C(C=Cc1ccc(Br)s1)N1CCCC(CCO)C1. The molecule has 1 saturated heterocycles. The van der Waals surface area contributed by atoms with Crippen molar-refractivity contribution < 1.29 is 9.90 Å². The third-order valence-corrected chi connectivity index (χ3v) is 4.94. The molecule has 2 heterocycles. The molecule has 0 bridgehead atoms. The number of hydrogen-bond donors (Lipinski definition) is 1. The van der Waals surface area contributed by atoms with Crippen molar-refractivity contribution in [1.29, 1.82) is 0 Å². The van der Waals surface area contributed by atoms with E-state index in [-0.39, 0.29) is 12.5 Å². The van der Waals surface area contributed by atoms with Crippen LogP contribution in [0.2, 0.25) is 0 Å². The molecule has 2 rings (SSSR count). The van der Waals surface area contributed by atoms with Crippen LogP contribution >= 0.6 is 27.3 Å². The molecule has 0 radical (unpaired) electrons. The zero-order valence-corrected chi connectivity index (χ0v) is 13.1. The van der Waals surface area contributed by atoms with Gasteiger partial charge in [-0.25, -0.2) is 0 Å². The van der Waals surface area contributed by atoms with Crippen molar-refractivity contribution >= 4 is 39.2 Å². The molecule has 104 valence electrons. The summed E-state index contributed by atoms with van der Waals surface area (Å²) in [7, 11) is 0. The van der Waals surface area contributed by atoms with Crippen molar-refractivity contribution in [2.75, 3.05) is 19.7 Å². The average molecular weight is 344 g/mol. The van der Waals surface area contributed by atoms with Gasteiger partial charge in [0, 0.05) is 30.6 Å². The molecule has 1 aromatic heterocycles. The van der Waals surface area contributed by atoms with Crippen LogP contribution in [0.1, 0.15) is 24.1 Å². The van der Waals surface area contributed by atoms with E-state index in [4.69, 9.17) is 5.11 Å². The highest BCUT2D eigenvalue weighted by molar-refractivity contribution is 9.11. The quantitative estimate of drug-likeness (QED) is 0.853. The minimum Gasteiger partial charge on any atom is -0.396 e. The van der Waals surface area contributed by atoms with Crippen LogP contribution < -0.4 is 0 Å². The van der Waals surface area contributed by atoms with Crippen molar-refractivity contribution in [3.8, 4) is 0 Å². The highest BCUT2D eigenvalue weighted by Gasteiger charge is 2.21. The summed E-state index contributed by atoms with van der Waals surface area (Å²) in [6.07, 6.45) is 6.47. The monoisotopic (exact) mass is 343 g/mol. The number of hydrogen-bond acceptors (Lipinski definition) is 3. The summed E-state index contributed by atoms with van der Waals surface area (Å²) in [4.78, 5) is 15.1. The standard InChI is InChI=1S/C14H18BrNO2S/c15-13-5-3-12(19-13)4-6-14(18)16-8-1-2-11(10-16)7-9-17/h3-6,11,17H,1-2,7-10H2. The van der Waals surface area contributed by atoms with E-state index in [1.54, 1.807) is 17.4 Å². The lowest BCUT2D eigenvalue weighted by Crippen LogP contribution is -2.39. The number of rotatable bonds is 4. The largest absolute Gasteiger partial charge is 0.396 e. The number of thiophene rings is 1. The molecule has 0 aliphatic carbocycles. The van der Waals surface area contributed by atoms with Crippen molar-refractivity contribution in [3.63, 3.8) is 0 Å². The molecule has 5 heteroatoms. The van der Waals surface area contributed by atoms with E-state index in [2.05, 4.69) is 15.9 Å². The van der Waals surface area contributed by atoms with E-state index in [1.165, 1.54) is 0 Å². The molecule has 1 unspecified atom stereocenters. The van der Waals surface area contributed by atoms with Crippen LogP contribution in [0.15, 0.2) is 22.0 Å². The number of likely N-dealkylation sites (tertiary alicyclic amines) is 1. The molecule has 1 amide bonds. The normalized spacial score (nSPS) is 20.1. The van der Waals surface area contributed by atoms with E-state index in [0.29, 0.717) is 5.92 Å². The maximum atomic E-state index is 12.1. The van der Waals surface area contributed by atoms with Crippen LogP contribution in [0.25, 0.3) is 6.08 Å². The minimum atomic E-state index is 0.0761. The van der Waals surface area contributed by atoms with Crippen LogP contribution in [0.3, 0.4) is 0 Å². The number of aliphatic hydroxyl groups is 1. The number of aliphatic hydroxyl groups excluding tert-OH is 1. The number of carbonyl (C=O) groups excluding carboxylic acids is 1. The second kappa shape index (κ2) is 7.22. The molecular weight excluding hydrogens is 326 g/mol. The Kier molecular flexibility index (Phi) is 5.60. The second-order valence-electron chi connectivity index (χ2n) is 4.78.